The summed E-state index contributed by atoms with van der Waals surface area (Å²) in [5, 5.41) is 19.8. The first-order valence-corrected chi connectivity index (χ1v) is 7.29. The van der Waals surface area contributed by atoms with Gasteiger partial charge in [0.15, 0.2) is 0 Å². The highest BCUT2D eigenvalue weighted by molar-refractivity contribution is 14.1. The fourth-order valence-corrected chi connectivity index (χ4v) is 1.49. The van der Waals surface area contributed by atoms with E-state index in [4.69, 9.17) is 5.26 Å². The number of nitrogens with one attached hydrogen (secondary N) is 1. The zero-order valence-corrected chi connectivity index (χ0v) is 13.8. The predicted molar refractivity (Wildman–Crippen MR) is 85.3 cm³/mol. The first kappa shape index (κ1) is 17.9. The van der Waals surface area contributed by atoms with Crippen LogP contribution < -0.4 is 5.32 Å². The summed E-state index contributed by atoms with van der Waals surface area (Å²) in [6.07, 6.45) is 0. The Morgan fingerprint density at radius 1 is 1.47 bits per heavy atom. The van der Waals surface area contributed by atoms with Crippen LogP contribution >= 0.6 is 22.6 Å². The summed E-state index contributed by atoms with van der Waals surface area (Å²) < 4.78 is 0.363. The first-order chi connectivity index (χ1) is 8.78. The van der Waals surface area contributed by atoms with E-state index in [-0.39, 0.29) is 5.91 Å². The molecule has 0 heterocycles. The molecule has 104 valence electrons. The number of aliphatic hydroxyl groups is 1. The largest absolute Gasteiger partial charge is 0.379 e. The fourth-order valence-electron chi connectivity index (χ4n) is 1.15. The van der Waals surface area contributed by atoms with Gasteiger partial charge in [0.1, 0.15) is 5.60 Å². The topological polar surface area (TPSA) is 73.1 Å². The lowest BCUT2D eigenvalue weighted by Gasteiger charge is -2.19. The number of hydrogen-bond acceptors (Lipinski definition) is 3. The molecule has 0 saturated heterocycles. The maximum Gasteiger partial charge on any atom is 0.256 e. The van der Waals surface area contributed by atoms with Crippen molar-refractivity contribution >= 4 is 34.2 Å². The minimum atomic E-state index is -1.32. The molecule has 0 radical (unpaired) electrons. The number of hydrogen-bond donors (Lipinski definition) is 2. The van der Waals surface area contributed by atoms with Crippen LogP contribution in [-0.4, -0.2) is 21.0 Å². The molecule has 5 heteroatoms. The number of halogens is 1. The van der Waals surface area contributed by atoms with Crippen LogP contribution in [0.25, 0.3) is 0 Å². The van der Waals surface area contributed by atoms with Crippen LogP contribution in [0, 0.1) is 25.2 Å². The standard InChI is InChI=1S/C12H16INO2.C2H3N/c1-8-4-5-10(6-9(8)2)14-11(15)12(3,16)7-13;1-2-3/h4-6,16H,7H2,1-3H3,(H,14,15);1H3/t12-;/m0./s1. The van der Waals surface area contributed by atoms with Gasteiger partial charge in [-0.1, -0.05) is 28.7 Å². The normalized spacial score (nSPS) is 12.5. The Balaban J connectivity index is 0.000000982. The summed E-state index contributed by atoms with van der Waals surface area (Å²) in [7, 11) is 0. The second kappa shape index (κ2) is 8.12. The van der Waals surface area contributed by atoms with E-state index >= 15 is 0 Å². The van der Waals surface area contributed by atoms with Crippen LogP contribution in [0.2, 0.25) is 0 Å². The van der Waals surface area contributed by atoms with Gasteiger partial charge in [0.05, 0.1) is 6.07 Å². The van der Waals surface area contributed by atoms with E-state index < -0.39 is 5.60 Å². The Bertz CT molecular complexity index is 479. The van der Waals surface area contributed by atoms with E-state index in [1.807, 2.05) is 54.6 Å². The molecule has 0 aliphatic rings. The molecule has 0 aliphatic carbocycles. The van der Waals surface area contributed by atoms with Crippen LogP contribution in [-0.2, 0) is 4.79 Å². The smallest absolute Gasteiger partial charge is 0.256 e. The van der Waals surface area contributed by atoms with Crippen LogP contribution in [0.15, 0.2) is 18.2 Å². The molecule has 19 heavy (non-hydrogen) atoms. The summed E-state index contributed by atoms with van der Waals surface area (Å²) >= 11 is 1.99. The number of nitrogens with zero attached hydrogens (tertiary/aromatic N) is 1. The van der Waals surface area contributed by atoms with Crippen molar-refractivity contribution in [3.63, 3.8) is 0 Å². The highest BCUT2D eigenvalue weighted by Crippen LogP contribution is 2.17. The quantitative estimate of drug-likeness (QED) is 0.631. The van der Waals surface area contributed by atoms with E-state index in [0.29, 0.717) is 4.43 Å². The number of benzene rings is 1. The lowest BCUT2D eigenvalue weighted by molar-refractivity contribution is -0.130. The predicted octanol–water partition coefficient (Wildman–Crippen LogP) is 2.96. The van der Waals surface area contributed by atoms with Crippen molar-refractivity contribution in [2.24, 2.45) is 0 Å². The van der Waals surface area contributed by atoms with Gasteiger partial charge in [-0.3, -0.25) is 4.79 Å². The van der Waals surface area contributed by atoms with Gasteiger partial charge in [0, 0.05) is 17.0 Å². The maximum atomic E-state index is 11.7. The van der Waals surface area contributed by atoms with E-state index in [1.54, 1.807) is 6.07 Å². The molecule has 1 rings (SSSR count). The molecule has 0 fully saturated rings. The van der Waals surface area contributed by atoms with Crippen LogP contribution in [0.1, 0.15) is 25.0 Å². The third kappa shape index (κ3) is 6.03. The molecule has 1 amide bonds. The Morgan fingerprint density at radius 2 is 2.00 bits per heavy atom. The van der Waals surface area contributed by atoms with E-state index in [1.165, 1.54) is 19.4 Å². The molecule has 0 unspecified atom stereocenters. The Kier molecular flexibility index (Phi) is 7.64. The van der Waals surface area contributed by atoms with Gasteiger partial charge in [0.25, 0.3) is 5.91 Å². The SMILES string of the molecule is CC#N.Cc1ccc(NC(=O)[C@@](C)(O)CI)cc1C. The minimum absolute atomic E-state index is 0.363. The molecule has 0 aliphatic heterocycles. The molecular weight excluding hydrogens is 355 g/mol. The number of carbonyl (C=O) groups is 1. The number of nitriles is 1. The Morgan fingerprint density at radius 3 is 2.42 bits per heavy atom. The van der Waals surface area contributed by atoms with Crippen LogP contribution in [0.3, 0.4) is 0 Å². The van der Waals surface area contributed by atoms with Crippen molar-refractivity contribution in [1.82, 2.24) is 0 Å². The van der Waals surface area contributed by atoms with Gasteiger partial charge in [0.2, 0.25) is 0 Å². The zero-order chi connectivity index (χ0) is 15.1. The van der Waals surface area contributed by atoms with Crippen molar-refractivity contribution in [3.8, 4) is 6.07 Å². The minimum Gasteiger partial charge on any atom is -0.379 e. The van der Waals surface area contributed by atoms with Crippen molar-refractivity contribution < 1.29 is 9.90 Å². The second-order valence-corrected chi connectivity index (χ2v) is 5.15. The van der Waals surface area contributed by atoms with Gasteiger partial charge >= 0.3 is 0 Å². The summed E-state index contributed by atoms with van der Waals surface area (Å²) in [5.74, 6) is -0.370. The van der Waals surface area contributed by atoms with E-state index in [2.05, 4.69) is 5.32 Å². The lowest BCUT2D eigenvalue weighted by atomic mass is 10.1. The van der Waals surface area contributed by atoms with Crippen molar-refractivity contribution in [2.75, 3.05) is 9.74 Å². The first-order valence-electron chi connectivity index (χ1n) is 5.76. The Hall–Kier alpha value is -1.13. The summed E-state index contributed by atoms with van der Waals surface area (Å²) in [6.45, 7) is 6.94. The second-order valence-electron chi connectivity index (χ2n) is 4.38. The molecular formula is C14H19IN2O2. The average molecular weight is 374 g/mol. The van der Waals surface area contributed by atoms with Crippen molar-refractivity contribution in [1.29, 1.82) is 5.26 Å². The number of rotatable bonds is 3. The summed E-state index contributed by atoms with van der Waals surface area (Å²) in [6, 6.07) is 7.43. The number of aryl methyl sites for hydroxylation is 2. The van der Waals surface area contributed by atoms with Gasteiger partial charge in [-0.05, 0) is 44.0 Å². The third-order valence-corrected chi connectivity index (χ3v) is 4.00. The molecule has 0 bridgehead atoms. The highest BCUT2D eigenvalue weighted by atomic mass is 127. The monoisotopic (exact) mass is 374 g/mol. The van der Waals surface area contributed by atoms with Gasteiger partial charge in [-0.25, -0.2) is 0 Å². The summed E-state index contributed by atoms with van der Waals surface area (Å²) in [4.78, 5) is 11.7. The molecule has 0 spiro atoms. The molecule has 2 N–H and O–H groups in total. The third-order valence-electron chi connectivity index (χ3n) is 2.51. The van der Waals surface area contributed by atoms with Gasteiger partial charge in [-0.15, -0.1) is 0 Å². The van der Waals surface area contributed by atoms with E-state index in [0.717, 1.165) is 11.3 Å². The summed E-state index contributed by atoms with van der Waals surface area (Å²) in [5.41, 5.74) is 1.70. The zero-order valence-electron chi connectivity index (χ0n) is 11.6. The molecule has 1 aromatic carbocycles. The van der Waals surface area contributed by atoms with Gasteiger partial charge in [-0.2, -0.15) is 5.26 Å². The molecule has 0 saturated carbocycles. The van der Waals surface area contributed by atoms with E-state index in [9.17, 15) is 9.90 Å². The van der Waals surface area contributed by atoms with Crippen molar-refractivity contribution in [2.45, 2.75) is 33.3 Å². The maximum absolute atomic E-state index is 11.7. The molecule has 1 atom stereocenters. The fraction of sp³-hybridized carbons (Fsp3) is 0.429. The molecule has 0 aromatic heterocycles. The number of alkyl halides is 1. The average Bonchev–Trinajstić information content (AvgIpc) is 2.34. The van der Waals surface area contributed by atoms with Crippen molar-refractivity contribution in [3.05, 3.63) is 29.3 Å². The number of amides is 1. The molecule has 1 aromatic rings. The van der Waals surface area contributed by atoms with Crippen LogP contribution in [0.5, 0.6) is 0 Å². The van der Waals surface area contributed by atoms with Crippen LogP contribution in [0.4, 0.5) is 5.69 Å². The number of anilines is 1. The van der Waals surface area contributed by atoms with Gasteiger partial charge < -0.3 is 10.4 Å². The lowest BCUT2D eigenvalue weighted by Crippen LogP contribution is -2.41. The number of carbonyl (C=O) groups excluding carboxylic acids is 1. The highest BCUT2D eigenvalue weighted by Gasteiger charge is 2.28. The molecule has 4 nitrogen and oxygen atoms in total. The Labute approximate surface area is 128 Å².